The number of hydrogen-bond donors (Lipinski definition) is 3. The molecule has 9 nitrogen and oxygen atoms in total. The van der Waals surface area contributed by atoms with Gasteiger partial charge in [-0.15, -0.1) is 0 Å². The SMILES string of the molecule is CCOC(=O)Nc1nc2c(-c3ncccc3F)cc(-c3ccc(NCc4ccccn4)nc3)cc2[nH]1. The van der Waals surface area contributed by atoms with Crippen LogP contribution >= 0.6 is 0 Å². The standard InChI is InChI=1S/C26H22FN7O2/c1-2-36-26(35)34-25-32-21-13-17(12-19(24(21)33-25)23-20(27)7-5-11-29-23)16-8-9-22(30-14-16)31-15-18-6-3-4-10-28-18/h3-14H,2,15H2,1H3,(H,30,31)(H2,32,33,34,35). The Hall–Kier alpha value is -4.86. The van der Waals surface area contributed by atoms with E-state index in [0.717, 1.165) is 16.8 Å². The fourth-order valence-electron chi connectivity index (χ4n) is 3.72. The molecule has 0 spiro atoms. The van der Waals surface area contributed by atoms with Crippen LogP contribution in [-0.2, 0) is 11.3 Å². The number of rotatable bonds is 7. The molecule has 0 aliphatic carbocycles. The monoisotopic (exact) mass is 483 g/mol. The molecule has 180 valence electrons. The Morgan fingerprint density at radius 1 is 1.03 bits per heavy atom. The van der Waals surface area contributed by atoms with E-state index in [-0.39, 0.29) is 18.2 Å². The lowest BCUT2D eigenvalue weighted by atomic mass is 10.0. The quantitative estimate of drug-likeness (QED) is 0.284. The molecule has 0 atom stereocenters. The van der Waals surface area contributed by atoms with E-state index in [4.69, 9.17) is 4.74 Å². The number of nitrogens with one attached hydrogen (secondary N) is 3. The summed E-state index contributed by atoms with van der Waals surface area (Å²) in [7, 11) is 0. The first-order chi connectivity index (χ1) is 17.6. The molecule has 1 aromatic carbocycles. The number of hydrogen-bond acceptors (Lipinski definition) is 7. The average molecular weight is 484 g/mol. The topological polar surface area (TPSA) is 118 Å². The van der Waals surface area contributed by atoms with Gasteiger partial charge < -0.3 is 15.0 Å². The van der Waals surface area contributed by atoms with E-state index in [1.807, 2.05) is 36.4 Å². The summed E-state index contributed by atoms with van der Waals surface area (Å²) in [4.78, 5) is 32.4. The van der Waals surface area contributed by atoms with Gasteiger partial charge in [0.2, 0.25) is 5.95 Å². The second-order valence-corrected chi connectivity index (χ2v) is 7.79. The van der Waals surface area contributed by atoms with Gasteiger partial charge in [0.05, 0.1) is 24.4 Å². The van der Waals surface area contributed by atoms with E-state index >= 15 is 0 Å². The molecule has 0 fully saturated rings. The molecule has 10 heteroatoms. The largest absolute Gasteiger partial charge is 0.450 e. The molecule has 0 radical (unpaired) electrons. The van der Waals surface area contributed by atoms with Gasteiger partial charge in [-0.3, -0.25) is 15.3 Å². The normalized spacial score (nSPS) is 10.8. The fourth-order valence-corrected chi connectivity index (χ4v) is 3.72. The molecule has 0 aliphatic heterocycles. The van der Waals surface area contributed by atoms with Crippen molar-refractivity contribution in [3.8, 4) is 22.4 Å². The lowest BCUT2D eigenvalue weighted by molar-refractivity contribution is 0.167. The molecule has 0 aliphatic rings. The van der Waals surface area contributed by atoms with Crippen molar-refractivity contribution in [3.63, 3.8) is 0 Å². The first-order valence-corrected chi connectivity index (χ1v) is 11.3. The number of amides is 1. The van der Waals surface area contributed by atoms with Crippen LogP contribution in [0.4, 0.5) is 21.0 Å². The number of fused-ring (bicyclic) bond motifs is 1. The average Bonchev–Trinajstić information content (AvgIpc) is 3.30. The predicted molar refractivity (Wildman–Crippen MR) is 135 cm³/mol. The minimum atomic E-state index is -0.639. The summed E-state index contributed by atoms with van der Waals surface area (Å²) in [6.45, 7) is 2.48. The lowest BCUT2D eigenvalue weighted by Gasteiger charge is -2.09. The third kappa shape index (κ3) is 4.97. The smallest absolute Gasteiger partial charge is 0.413 e. The number of carbonyl (C=O) groups excluding carboxylic acids is 1. The van der Waals surface area contributed by atoms with Crippen LogP contribution in [-0.4, -0.2) is 37.6 Å². The molecule has 36 heavy (non-hydrogen) atoms. The van der Waals surface area contributed by atoms with Gasteiger partial charge in [0.1, 0.15) is 22.8 Å². The molecule has 4 heterocycles. The maximum atomic E-state index is 14.7. The van der Waals surface area contributed by atoms with Crippen LogP contribution < -0.4 is 10.6 Å². The maximum Gasteiger partial charge on any atom is 0.413 e. The number of ether oxygens (including phenoxy) is 1. The number of H-pyrrole nitrogens is 1. The zero-order valence-corrected chi connectivity index (χ0v) is 19.3. The van der Waals surface area contributed by atoms with Crippen LogP contribution in [0.15, 0.2) is 73.2 Å². The Kier molecular flexibility index (Phi) is 6.48. The maximum absolute atomic E-state index is 14.7. The zero-order valence-electron chi connectivity index (χ0n) is 19.3. The van der Waals surface area contributed by atoms with Crippen molar-refractivity contribution < 1.29 is 13.9 Å². The Morgan fingerprint density at radius 2 is 1.92 bits per heavy atom. The predicted octanol–water partition coefficient (Wildman–Crippen LogP) is 5.40. The molecule has 5 aromatic rings. The molecule has 1 amide bonds. The van der Waals surface area contributed by atoms with E-state index < -0.39 is 11.9 Å². The number of benzene rings is 1. The van der Waals surface area contributed by atoms with E-state index in [1.54, 1.807) is 25.4 Å². The number of aromatic amines is 1. The van der Waals surface area contributed by atoms with E-state index in [1.165, 1.54) is 18.3 Å². The lowest BCUT2D eigenvalue weighted by Crippen LogP contribution is -2.14. The summed E-state index contributed by atoms with van der Waals surface area (Å²) in [5, 5.41) is 5.80. The van der Waals surface area contributed by atoms with Crippen LogP contribution in [0.25, 0.3) is 33.4 Å². The Labute approximate surface area is 205 Å². The summed E-state index contributed by atoms with van der Waals surface area (Å²) in [6.07, 6.45) is 4.36. The van der Waals surface area contributed by atoms with Crippen molar-refractivity contribution in [2.45, 2.75) is 13.5 Å². The third-order valence-corrected chi connectivity index (χ3v) is 5.37. The molecule has 0 saturated carbocycles. The highest BCUT2D eigenvalue weighted by Gasteiger charge is 2.17. The van der Waals surface area contributed by atoms with Crippen molar-refractivity contribution in [2.24, 2.45) is 0 Å². The van der Waals surface area contributed by atoms with Crippen LogP contribution in [0.3, 0.4) is 0 Å². The van der Waals surface area contributed by atoms with Gasteiger partial charge in [-0.25, -0.2) is 19.2 Å². The first-order valence-electron chi connectivity index (χ1n) is 11.3. The molecular formula is C26H22FN7O2. The second kappa shape index (κ2) is 10.2. The Morgan fingerprint density at radius 3 is 2.67 bits per heavy atom. The molecule has 4 aromatic heterocycles. The van der Waals surface area contributed by atoms with Crippen molar-refractivity contribution in [3.05, 3.63) is 84.7 Å². The second-order valence-electron chi connectivity index (χ2n) is 7.79. The molecular weight excluding hydrogens is 461 g/mol. The van der Waals surface area contributed by atoms with Gasteiger partial charge in [-0.1, -0.05) is 6.07 Å². The van der Waals surface area contributed by atoms with Crippen LogP contribution in [0.5, 0.6) is 0 Å². The highest BCUT2D eigenvalue weighted by Crippen LogP contribution is 2.34. The highest BCUT2D eigenvalue weighted by molar-refractivity contribution is 5.97. The summed E-state index contributed by atoms with van der Waals surface area (Å²) in [6, 6.07) is 16.1. The summed E-state index contributed by atoms with van der Waals surface area (Å²) < 4.78 is 19.6. The third-order valence-electron chi connectivity index (χ3n) is 5.37. The Balaban J connectivity index is 1.49. The van der Waals surface area contributed by atoms with Crippen molar-refractivity contribution in [1.82, 2.24) is 24.9 Å². The van der Waals surface area contributed by atoms with E-state index in [2.05, 4.69) is 35.6 Å². The van der Waals surface area contributed by atoms with Gasteiger partial charge in [0, 0.05) is 29.7 Å². The van der Waals surface area contributed by atoms with Gasteiger partial charge in [-0.2, -0.15) is 0 Å². The van der Waals surface area contributed by atoms with Crippen molar-refractivity contribution in [1.29, 1.82) is 0 Å². The molecule has 0 unspecified atom stereocenters. The number of carbonyl (C=O) groups is 1. The molecule has 3 N–H and O–H groups in total. The highest BCUT2D eigenvalue weighted by atomic mass is 19.1. The number of aromatic nitrogens is 5. The van der Waals surface area contributed by atoms with Crippen molar-refractivity contribution >= 4 is 28.9 Å². The number of pyridine rings is 3. The van der Waals surface area contributed by atoms with Crippen LogP contribution in [0.2, 0.25) is 0 Å². The summed E-state index contributed by atoms with van der Waals surface area (Å²) in [5.74, 6) is 0.403. The van der Waals surface area contributed by atoms with E-state index in [0.29, 0.717) is 29.0 Å². The molecule has 0 saturated heterocycles. The minimum absolute atomic E-state index is 0.153. The van der Waals surface area contributed by atoms with E-state index in [9.17, 15) is 9.18 Å². The van der Waals surface area contributed by atoms with Crippen molar-refractivity contribution in [2.75, 3.05) is 17.2 Å². The summed E-state index contributed by atoms with van der Waals surface area (Å²) in [5.41, 5.74) is 4.18. The van der Waals surface area contributed by atoms with Gasteiger partial charge in [-0.05, 0) is 61.0 Å². The summed E-state index contributed by atoms with van der Waals surface area (Å²) >= 11 is 0. The van der Waals surface area contributed by atoms with Gasteiger partial charge >= 0.3 is 6.09 Å². The number of imidazole rings is 1. The number of halogens is 1. The van der Waals surface area contributed by atoms with Gasteiger partial charge in [0.25, 0.3) is 0 Å². The number of nitrogens with zero attached hydrogens (tertiary/aromatic N) is 4. The Bertz CT molecular complexity index is 1500. The molecule has 5 rings (SSSR count). The minimum Gasteiger partial charge on any atom is -0.450 e. The van der Waals surface area contributed by atoms with Gasteiger partial charge in [0.15, 0.2) is 0 Å². The first kappa shape index (κ1) is 22.9. The molecule has 0 bridgehead atoms. The zero-order chi connectivity index (χ0) is 24.9. The number of anilines is 2. The van der Waals surface area contributed by atoms with Crippen LogP contribution in [0.1, 0.15) is 12.6 Å². The van der Waals surface area contributed by atoms with Crippen LogP contribution in [0, 0.1) is 5.82 Å². The fraction of sp³-hybridized carbons (Fsp3) is 0.115.